The number of carbonyl (C=O) groups is 1. The molecule has 1 aromatic heterocycles. The van der Waals surface area contributed by atoms with Crippen LogP contribution in [0.2, 0.25) is 0 Å². The molecule has 4 nitrogen and oxygen atoms in total. The van der Waals surface area contributed by atoms with E-state index in [0.29, 0.717) is 0 Å². The van der Waals surface area contributed by atoms with Crippen LogP contribution in [0.15, 0.2) is 83.9 Å². The summed E-state index contributed by atoms with van der Waals surface area (Å²) in [4.78, 5) is 13.4. The fraction of sp³-hybridized carbons (Fsp3) is 0.179. The monoisotopic (exact) mass is 453 g/mol. The average Bonchev–Trinajstić information content (AvgIpc) is 3.35. The van der Waals surface area contributed by atoms with E-state index in [4.69, 9.17) is 0 Å². The number of aromatic nitrogens is 1. The van der Waals surface area contributed by atoms with Crippen molar-refractivity contribution in [3.8, 4) is 0 Å². The van der Waals surface area contributed by atoms with Crippen LogP contribution in [0.25, 0.3) is 17.0 Å². The second-order valence-corrected chi connectivity index (χ2v) is 9.54. The summed E-state index contributed by atoms with van der Waals surface area (Å²) in [6.45, 7) is 5.04. The largest absolute Gasteiger partial charge is 0.357 e. The molecule has 166 valence electrons. The van der Waals surface area contributed by atoms with Gasteiger partial charge in [-0.1, -0.05) is 78.8 Å². The van der Waals surface area contributed by atoms with E-state index in [2.05, 4.69) is 102 Å². The Kier molecular flexibility index (Phi) is 5.97. The Bertz CT molecular complexity index is 1320. The molecule has 0 aliphatic carbocycles. The number of aryl methyl sites for hydroxylation is 2. The van der Waals surface area contributed by atoms with Gasteiger partial charge in [0.2, 0.25) is 0 Å². The minimum atomic E-state index is -0.183. The Morgan fingerprint density at radius 3 is 2.48 bits per heavy atom. The van der Waals surface area contributed by atoms with E-state index < -0.39 is 0 Å². The van der Waals surface area contributed by atoms with E-state index >= 15 is 0 Å². The van der Waals surface area contributed by atoms with Gasteiger partial charge in [0.1, 0.15) is 0 Å². The fourth-order valence-electron chi connectivity index (χ4n) is 4.11. The van der Waals surface area contributed by atoms with Crippen molar-refractivity contribution in [2.75, 3.05) is 5.32 Å². The Balaban J connectivity index is 1.39. The van der Waals surface area contributed by atoms with Gasteiger partial charge in [-0.25, -0.2) is 0 Å². The summed E-state index contributed by atoms with van der Waals surface area (Å²) in [6, 6.07) is 25.4. The zero-order chi connectivity index (χ0) is 22.8. The van der Waals surface area contributed by atoms with E-state index in [1.807, 2.05) is 12.1 Å². The van der Waals surface area contributed by atoms with Crippen molar-refractivity contribution < 1.29 is 4.79 Å². The molecule has 4 aromatic rings. The van der Waals surface area contributed by atoms with Gasteiger partial charge in [-0.05, 0) is 48.7 Å². The molecule has 2 heterocycles. The molecule has 1 saturated heterocycles. The maximum atomic E-state index is 12.7. The maximum absolute atomic E-state index is 12.7. The van der Waals surface area contributed by atoms with E-state index in [-0.39, 0.29) is 11.4 Å². The van der Waals surface area contributed by atoms with Crippen LogP contribution in [0.1, 0.15) is 29.2 Å². The second kappa shape index (κ2) is 9.20. The summed E-state index contributed by atoms with van der Waals surface area (Å²) in [5.74, 6) is -0.0435. The normalized spacial score (nSPS) is 17.0. The number of nitrogens with zero attached hydrogens (tertiary/aromatic N) is 1. The van der Waals surface area contributed by atoms with Crippen LogP contribution in [0.4, 0.5) is 5.69 Å². The number of anilines is 1. The molecule has 5 rings (SSSR count). The third kappa shape index (κ3) is 4.69. The number of nitrogens with one attached hydrogen (secondary N) is 2. The van der Waals surface area contributed by atoms with Gasteiger partial charge in [-0.15, -0.1) is 0 Å². The van der Waals surface area contributed by atoms with Gasteiger partial charge >= 0.3 is 0 Å². The molecular weight excluding hydrogens is 426 g/mol. The maximum Gasteiger partial charge on any atom is 0.260 e. The summed E-state index contributed by atoms with van der Waals surface area (Å²) in [7, 11) is 0. The third-order valence-electron chi connectivity index (χ3n) is 5.97. The number of hydrogen-bond acceptors (Lipinski definition) is 3. The van der Waals surface area contributed by atoms with Gasteiger partial charge < -0.3 is 15.2 Å². The van der Waals surface area contributed by atoms with E-state index in [1.165, 1.54) is 34.0 Å². The summed E-state index contributed by atoms with van der Waals surface area (Å²) in [6.07, 6.45) is 5.17. The summed E-state index contributed by atoms with van der Waals surface area (Å²) >= 11 is 1.52. The van der Waals surface area contributed by atoms with Crippen LogP contribution in [0, 0.1) is 6.92 Å². The average molecular weight is 454 g/mol. The number of benzene rings is 3. The number of hydrogen-bond donors (Lipinski definition) is 2. The van der Waals surface area contributed by atoms with Crippen LogP contribution in [0.5, 0.6) is 0 Å². The SMILES string of the molecule is CCc1ccc(N[C@H]2NC(=O)/C(=C/c3cn(Cc4ccc(C)cc4)c4ccccc34)S2)cc1. The molecule has 1 atom stereocenters. The first-order valence-corrected chi connectivity index (χ1v) is 12.1. The molecule has 1 fully saturated rings. The highest BCUT2D eigenvalue weighted by Crippen LogP contribution is 2.33. The Morgan fingerprint density at radius 2 is 1.73 bits per heavy atom. The number of amides is 1. The standard InChI is InChI=1S/C28H27N3OS/c1-3-20-12-14-23(15-13-20)29-28-30-27(32)26(33-28)16-22-18-31(25-7-5-4-6-24(22)25)17-21-10-8-19(2)9-11-21/h4-16,18,28-29H,3,17H2,1-2H3,(H,30,32)/b26-16-/t28-/m0/s1. The first kappa shape index (κ1) is 21.4. The molecule has 0 spiro atoms. The van der Waals surface area contributed by atoms with Crippen molar-refractivity contribution in [1.29, 1.82) is 0 Å². The zero-order valence-electron chi connectivity index (χ0n) is 18.8. The lowest BCUT2D eigenvalue weighted by Crippen LogP contribution is -2.30. The molecule has 1 amide bonds. The van der Waals surface area contributed by atoms with Crippen molar-refractivity contribution in [1.82, 2.24) is 9.88 Å². The molecule has 0 saturated carbocycles. The number of fused-ring (bicyclic) bond motifs is 1. The van der Waals surface area contributed by atoms with Crippen molar-refractivity contribution in [3.63, 3.8) is 0 Å². The number of thioether (sulfide) groups is 1. The topological polar surface area (TPSA) is 46.1 Å². The van der Waals surface area contributed by atoms with Gasteiger partial charge in [0, 0.05) is 34.9 Å². The summed E-state index contributed by atoms with van der Waals surface area (Å²) < 4.78 is 2.26. The summed E-state index contributed by atoms with van der Waals surface area (Å²) in [5.41, 5.74) is 6.86. The molecule has 2 N–H and O–H groups in total. The first-order chi connectivity index (χ1) is 16.1. The van der Waals surface area contributed by atoms with Crippen LogP contribution in [-0.4, -0.2) is 16.0 Å². The first-order valence-electron chi connectivity index (χ1n) is 11.3. The van der Waals surface area contributed by atoms with Crippen molar-refractivity contribution >= 4 is 40.3 Å². The molecule has 3 aromatic carbocycles. The fourth-order valence-corrected chi connectivity index (χ4v) is 5.08. The molecular formula is C28H27N3OS. The van der Waals surface area contributed by atoms with Crippen molar-refractivity contribution in [3.05, 3.63) is 106 Å². The lowest BCUT2D eigenvalue weighted by Gasteiger charge is -2.12. The predicted molar refractivity (Wildman–Crippen MR) is 139 cm³/mol. The smallest absolute Gasteiger partial charge is 0.260 e. The van der Waals surface area contributed by atoms with Crippen LogP contribution < -0.4 is 10.6 Å². The van der Waals surface area contributed by atoms with Gasteiger partial charge in [0.05, 0.1) is 4.91 Å². The van der Waals surface area contributed by atoms with Crippen LogP contribution in [-0.2, 0) is 17.8 Å². The quantitative estimate of drug-likeness (QED) is 0.344. The minimum absolute atomic E-state index is 0.0435. The van der Waals surface area contributed by atoms with Crippen molar-refractivity contribution in [2.45, 2.75) is 32.3 Å². The Hall–Kier alpha value is -3.44. The number of para-hydroxylation sites is 1. The molecule has 0 unspecified atom stereocenters. The Morgan fingerprint density at radius 1 is 1.00 bits per heavy atom. The predicted octanol–water partition coefficient (Wildman–Crippen LogP) is 6.16. The summed E-state index contributed by atoms with van der Waals surface area (Å²) in [5, 5.41) is 7.59. The van der Waals surface area contributed by atoms with E-state index in [9.17, 15) is 4.79 Å². The third-order valence-corrected chi connectivity index (χ3v) is 7.00. The lowest BCUT2D eigenvalue weighted by molar-refractivity contribution is -0.116. The van der Waals surface area contributed by atoms with Crippen LogP contribution in [0.3, 0.4) is 0 Å². The lowest BCUT2D eigenvalue weighted by atomic mass is 10.1. The molecule has 1 aliphatic heterocycles. The van der Waals surface area contributed by atoms with Gasteiger partial charge in [-0.3, -0.25) is 4.79 Å². The molecule has 0 radical (unpaired) electrons. The number of carbonyl (C=O) groups excluding carboxylic acids is 1. The zero-order valence-corrected chi connectivity index (χ0v) is 19.7. The molecule has 0 bridgehead atoms. The molecule has 5 heteroatoms. The van der Waals surface area contributed by atoms with Gasteiger partial charge in [-0.2, -0.15) is 0 Å². The highest BCUT2D eigenvalue weighted by Gasteiger charge is 2.27. The molecule has 1 aliphatic rings. The Labute approximate surface area is 198 Å². The van der Waals surface area contributed by atoms with E-state index in [1.54, 1.807) is 0 Å². The minimum Gasteiger partial charge on any atom is -0.357 e. The number of rotatable bonds is 6. The highest BCUT2D eigenvalue weighted by atomic mass is 32.2. The highest BCUT2D eigenvalue weighted by molar-refractivity contribution is 8.05. The van der Waals surface area contributed by atoms with E-state index in [0.717, 1.165) is 34.5 Å². The van der Waals surface area contributed by atoms with Crippen LogP contribution >= 0.6 is 11.8 Å². The molecule has 33 heavy (non-hydrogen) atoms. The van der Waals surface area contributed by atoms with Gasteiger partial charge in [0.25, 0.3) is 5.91 Å². The van der Waals surface area contributed by atoms with Gasteiger partial charge in [0.15, 0.2) is 5.50 Å². The second-order valence-electron chi connectivity index (χ2n) is 8.39. The van der Waals surface area contributed by atoms with Crippen molar-refractivity contribution in [2.24, 2.45) is 0 Å².